The quantitative estimate of drug-likeness (QED) is 0.686. The van der Waals surface area contributed by atoms with E-state index in [1.807, 2.05) is 6.92 Å². The SMILES string of the molecule is C=C(CN)P(OCC)N(C(C)C)C(C)C. The van der Waals surface area contributed by atoms with E-state index in [-0.39, 0.29) is 0 Å². The summed E-state index contributed by atoms with van der Waals surface area (Å²) in [5, 5.41) is 1.01. The highest BCUT2D eigenvalue weighted by molar-refractivity contribution is 7.54. The van der Waals surface area contributed by atoms with Gasteiger partial charge < -0.3 is 10.3 Å². The molecule has 0 radical (unpaired) electrons. The third-order valence-corrected chi connectivity index (χ3v) is 4.60. The minimum absolute atomic E-state index is 0.450. The highest BCUT2D eigenvalue weighted by Crippen LogP contribution is 2.50. The molecule has 0 aromatic rings. The van der Waals surface area contributed by atoms with Crippen LogP contribution in [0.5, 0.6) is 0 Å². The van der Waals surface area contributed by atoms with E-state index in [0.717, 1.165) is 5.31 Å². The van der Waals surface area contributed by atoms with Crippen LogP contribution in [0.1, 0.15) is 34.6 Å². The molecule has 4 heteroatoms. The highest BCUT2D eigenvalue weighted by Gasteiger charge is 2.26. The molecule has 2 N–H and O–H groups in total. The maximum Gasteiger partial charge on any atom is 0.134 e. The predicted octanol–water partition coefficient (Wildman–Crippen LogP) is 2.93. The van der Waals surface area contributed by atoms with Gasteiger partial charge in [0.05, 0.1) is 6.61 Å². The molecule has 0 saturated carbocycles. The summed E-state index contributed by atoms with van der Waals surface area (Å²) < 4.78 is 8.15. The van der Waals surface area contributed by atoms with Crippen LogP contribution in [0.3, 0.4) is 0 Å². The minimum Gasteiger partial charge on any atom is -0.340 e. The van der Waals surface area contributed by atoms with Gasteiger partial charge in [-0.2, -0.15) is 0 Å². The van der Waals surface area contributed by atoms with Gasteiger partial charge in [-0.1, -0.05) is 6.58 Å². The van der Waals surface area contributed by atoms with Gasteiger partial charge in [0, 0.05) is 23.9 Å². The van der Waals surface area contributed by atoms with Gasteiger partial charge >= 0.3 is 0 Å². The Balaban J connectivity index is 4.75. The molecule has 15 heavy (non-hydrogen) atoms. The largest absolute Gasteiger partial charge is 0.340 e. The Morgan fingerprint density at radius 1 is 1.33 bits per heavy atom. The van der Waals surface area contributed by atoms with Gasteiger partial charge in [-0.15, -0.1) is 0 Å². The first-order valence-electron chi connectivity index (χ1n) is 5.54. The zero-order chi connectivity index (χ0) is 12.0. The second-order valence-corrected chi connectivity index (χ2v) is 5.93. The summed E-state index contributed by atoms with van der Waals surface area (Å²) >= 11 is 0. The third kappa shape index (κ3) is 4.60. The second kappa shape index (κ2) is 7.34. The van der Waals surface area contributed by atoms with Crippen LogP contribution in [0, 0.1) is 0 Å². The molecule has 0 rings (SSSR count). The molecule has 0 bridgehead atoms. The van der Waals surface area contributed by atoms with Crippen molar-refractivity contribution in [1.82, 2.24) is 4.67 Å². The molecule has 0 aliphatic rings. The average Bonchev–Trinajstić information content (AvgIpc) is 2.14. The first-order valence-corrected chi connectivity index (χ1v) is 6.76. The highest BCUT2D eigenvalue weighted by atomic mass is 31.2. The van der Waals surface area contributed by atoms with Crippen LogP contribution in [0.25, 0.3) is 0 Å². The van der Waals surface area contributed by atoms with Gasteiger partial charge in [0.1, 0.15) is 8.30 Å². The Morgan fingerprint density at radius 3 is 2.07 bits per heavy atom. The molecule has 0 fully saturated rings. The molecule has 0 aromatic carbocycles. The number of nitrogens with two attached hydrogens (primary N) is 1. The summed E-state index contributed by atoms with van der Waals surface area (Å²) in [7, 11) is -0.751. The van der Waals surface area contributed by atoms with Crippen molar-refractivity contribution < 1.29 is 4.52 Å². The Bertz CT molecular complexity index is 187. The first-order chi connectivity index (χ1) is 6.95. The molecule has 0 heterocycles. The maximum atomic E-state index is 5.79. The summed E-state index contributed by atoms with van der Waals surface area (Å²) in [6.07, 6.45) is 0. The Morgan fingerprint density at radius 2 is 1.80 bits per heavy atom. The molecule has 1 atom stereocenters. The van der Waals surface area contributed by atoms with Gasteiger partial charge in [-0.3, -0.25) is 4.67 Å². The number of hydrogen-bond donors (Lipinski definition) is 1. The lowest BCUT2D eigenvalue weighted by Gasteiger charge is -2.37. The van der Waals surface area contributed by atoms with E-state index >= 15 is 0 Å². The standard InChI is InChI=1S/C11H25N2OP/c1-7-14-15(11(6)8-12)13(9(2)3)10(4)5/h9-10H,6-8,12H2,1-5H3. The smallest absolute Gasteiger partial charge is 0.134 e. The van der Waals surface area contributed by atoms with Crippen LogP contribution < -0.4 is 5.73 Å². The molecule has 0 amide bonds. The summed E-state index contributed by atoms with van der Waals surface area (Å²) in [4.78, 5) is 0. The first kappa shape index (κ1) is 15.0. The van der Waals surface area contributed by atoms with Crippen LogP contribution in [0.4, 0.5) is 0 Å². The molecular weight excluding hydrogens is 207 g/mol. The van der Waals surface area contributed by atoms with Crippen molar-refractivity contribution in [2.24, 2.45) is 5.73 Å². The number of nitrogens with zero attached hydrogens (tertiary/aromatic N) is 1. The van der Waals surface area contributed by atoms with Crippen molar-refractivity contribution in [2.45, 2.75) is 46.7 Å². The topological polar surface area (TPSA) is 38.5 Å². The van der Waals surface area contributed by atoms with Crippen LogP contribution in [-0.4, -0.2) is 29.9 Å². The van der Waals surface area contributed by atoms with Crippen LogP contribution in [0.2, 0.25) is 0 Å². The predicted molar refractivity (Wildman–Crippen MR) is 68.9 cm³/mol. The van der Waals surface area contributed by atoms with E-state index in [9.17, 15) is 0 Å². The fraction of sp³-hybridized carbons (Fsp3) is 0.818. The van der Waals surface area contributed by atoms with E-state index in [0.29, 0.717) is 25.2 Å². The van der Waals surface area contributed by atoms with Gasteiger partial charge in [-0.05, 0) is 34.6 Å². The van der Waals surface area contributed by atoms with Crippen molar-refractivity contribution in [3.05, 3.63) is 11.9 Å². The fourth-order valence-electron chi connectivity index (χ4n) is 1.54. The van der Waals surface area contributed by atoms with Crippen LogP contribution in [-0.2, 0) is 4.52 Å². The van der Waals surface area contributed by atoms with E-state index in [1.54, 1.807) is 0 Å². The van der Waals surface area contributed by atoms with Crippen molar-refractivity contribution in [3.63, 3.8) is 0 Å². The third-order valence-electron chi connectivity index (χ3n) is 2.03. The minimum atomic E-state index is -0.751. The van der Waals surface area contributed by atoms with Gasteiger partial charge in [0.15, 0.2) is 0 Å². The lowest BCUT2D eigenvalue weighted by atomic mass is 10.3. The van der Waals surface area contributed by atoms with Crippen LogP contribution >= 0.6 is 8.30 Å². The summed E-state index contributed by atoms with van der Waals surface area (Å²) in [5.41, 5.74) is 5.65. The normalized spacial score (nSPS) is 13.9. The number of hydrogen-bond acceptors (Lipinski definition) is 3. The van der Waals surface area contributed by atoms with Crippen molar-refractivity contribution in [3.8, 4) is 0 Å². The lowest BCUT2D eigenvalue weighted by molar-refractivity contribution is 0.264. The molecule has 0 spiro atoms. The van der Waals surface area contributed by atoms with Crippen molar-refractivity contribution >= 4 is 8.30 Å². The van der Waals surface area contributed by atoms with E-state index in [2.05, 4.69) is 38.9 Å². The molecule has 90 valence electrons. The van der Waals surface area contributed by atoms with Crippen molar-refractivity contribution in [1.29, 1.82) is 0 Å². The summed E-state index contributed by atoms with van der Waals surface area (Å²) in [6, 6.07) is 0.900. The van der Waals surface area contributed by atoms with Gasteiger partial charge in [-0.25, -0.2) is 0 Å². The van der Waals surface area contributed by atoms with Gasteiger partial charge in [0.25, 0.3) is 0 Å². The summed E-state index contributed by atoms with van der Waals surface area (Å²) in [6.45, 7) is 16.0. The zero-order valence-electron chi connectivity index (χ0n) is 10.7. The Labute approximate surface area is 95.6 Å². The van der Waals surface area contributed by atoms with E-state index < -0.39 is 8.30 Å². The molecule has 0 saturated heterocycles. The Kier molecular flexibility index (Phi) is 7.37. The molecule has 0 aliphatic carbocycles. The van der Waals surface area contributed by atoms with Crippen LogP contribution in [0.15, 0.2) is 11.9 Å². The molecule has 0 aliphatic heterocycles. The van der Waals surface area contributed by atoms with E-state index in [1.165, 1.54) is 0 Å². The molecule has 0 aromatic heterocycles. The number of rotatable bonds is 7. The Hall–Kier alpha value is 0.0500. The average molecular weight is 232 g/mol. The second-order valence-electron chi connectivity index (χ2n) is 4.03. The zero-order valence-corrected chi connectivity index (χ0v) is 11.6. The molecule has 3 nitrogen and oxygen atoms in total. The van der Waals surface area contributed by atoms with E-state index in [4.69, 9.17) is 10.3 Å². The lowest BCUT2D eigenvalue weighted by Crippen LogP contribution is -2.34. The van der Waals surface area contributed by atoms with Gasteiger partial charge in [0.2, 0.25) is 0 Å². The fourth-order valence-corrected chi connectivity index (χ4v) is 3.42. The molecular formula is C11H25N2OP. The maximum absolute atomic E-state index is 5.79. The molecule has 1 unspecified atom stereocenters. The van der Waals surface area contributed by atoms with Crippen molar-refractivity contribution in [2.75, 3.05) is 13.2 Å². The summed E-state index contributed by atoms with van der Waals surface area (Å²) in [5.74, 6) is 0. The monoisotopic (exact) mass is 232 g/mol.